The quantitative estimate of drug-likeness (QED) is 0.412. The van der Waals surface area contributed by atoms with Gasteiger partial charge in [0.15, 0.2) is 0 Å². The number of halogens is 1. The zero-order valence-electron chi connectivity index (χ0n) is 15.3. The molecular formula is C19H17FN6O3. The molecule has 0 saturated heterocycles. The molecule has 0 saturated carbocycles. The molecule has 0 aliphatic rings. The second kappa shape index (κ2) is 8.74. The molecule has 3 rings (SSSR count). The lowest BCUT2D eigenvalue weighted by Gasteiger charge is -2.11. The summed E-state index contributed by atoms with van der Waals surface area (Å²) in [6, 6.07) is 12.7. The van der Waals surface area contributed by atoms with Gasteiger partial charge in [-0.15, -0.1) is 0 Å². The maximum Gasteiger partial charge on any atom is 0.355 e. The number of aromatic nitrogens is 2. The van der Waals surface area contributed by atoms with Gasteiger partial charge in [-0.25, -0.2) is 14.4 Å². The maximum atomic E-state index is 13.7. The highest BCUT2D eigenvalue weighted by Gasteiger charge is 2.24. The van der Waals surface area contributed by atoms with E-state index in [-0.39, 0.29) is 17.2 Å². The molecule has 148 valence electrons. The fourth-order valence-electron chi connectivity index (χ4n) is 2.52. The fraction of sp³-hybridized carbons (Fsp3) is 0.105. The average molecular weight is 396 g/mol. The van der Waals surface area contributed by atoms with Crippen LogP contribution >= 0.6 is 0 Å². The monoisotopic (exact) mass is 396 g/mol. The Kier molecular flexibility index (Phi) is 5.93. The molecule has 0 aliphatic heterocycles. The molecule has 0 spiro atoms. The topological polar surface area (TPSA) is 122 Å². The third kappa shape index (κ3) is 4.61. The number of nitrogens with zero attached hydrogens (tertiary/aromatic N) is 3. The first-order valence-corrected chi connectivity index (χ1v) is 8.65. The molecule has 1 amide bonds. The number of hydrogen-bond acceptors (Lipinski definition) is 7. The molecule has 0 aliphatic carbocycles. The number of benzene rings is 2. The predicted octanol–water partition coefficient (Wildman–Crippen LogP) is 3.59. The van der Waals surface area contributed by atoms with Crippen LogP contribution in [-0.4, -0.2) is 20.8 Å². The van der Waals surface area contributed by atoms with Crippen LogP contribution in [0.3, 0.4) is 0 Å². The van der Waals surface area contributed by atoms with E-state index in [2.05, 4.69) is 26.1 Å². The van der Waals surface area contributed by atoms with Crippen LogP contribution in [0.2, 0.25) is 0 Å². The first kappa shape index (κ1) is 19.7. The van der Waals surface area contributed by atoms with E-state index in [0.29, 0.717) is 5.69 Å². The van der Waals surface area contributed by atoms with Crippen LogP contribution in [0, 0.1) is 15.9 Å². The van der Waals surface area contributed by atoms with Crippen LogP contribution in [-0.2, 0) is 6.42 Å². The molecule has 0 atom stereocenters. The van der Waals surface area contributed by atoms with Gasteiger partial charge in [0.1, 0.15) is 12.1 Å². The SMILES string of the molecule is CCc1ccc(Nc2ncnc(NNC(=O)c3ccccc3F)c2[N+](=O)[O-])cc1. The molecule has 3 aromatic rings. The summed E-state index contributed by atoms with van der Waals surface area (Å²) in [6.07, 6.45) is 1.97. The number of nitrogens with one attached hydrogen (secondary N) is 3. The summed E-state index contributed by atoms with van der Waals surface area (Å²) < 4.78 is 13.7. The van der Waals surface area contributed by atoms with Crippen molar-refractivity contribution < 1.29 is 14.1 Å². The number of nitro groups is 1. The Bertz CT molecular complexity index is 1040. The van der Waals surface area contributed by atoms with E-state index in [0.717, 1.165) is 24.4 Å². The largest absolute Gasteiger partial charge is 0.355 e. The van der Waals surface area contributed by atoms with E-state index < -0.39 is 22.3 Å². The summed E-state index contributed by atoms with van der Waals surface area (Å²) in [4.78, 5) is 30.7. The summed E-state index contributed by atoms with van der Waals surface area (Å²) in [5.41, 5.74) is 5.60. The average Bonchev–Trinajstić information content (AvgIpc) is 2.72. The van der Waals surface area contributed by atoms with Crippen molar-refractivity contribution >= 4 is 28.9 Å². The van der Waals surface area contributed by atoms with Gasteiger partial charge in [-0.05, 0) is 36.2 Å². The molecule has 1 aromatic heterocycles. The third-order valence-corrected chi connectivity index (χ3v) is 4.04. The Morgan fingerprint density at radius 2 is 1.79 bits per heavy atom. The Balaban J connectivity index is 1.82. The number of carbonyl (C=O) groups excluding carboxylic acids is 1. The normalized spacial score (nSPS) is 10.3. The van der Waals surface area contributed by atoms with Crippen molar-refractivity contribution in [2.45, 2.75) is 13.3 Å². The van der Waals surface area contributed by atoms with Gasteiger partial charge in [-0.2, -0.15) is 0 Å². The van der Waals surface area contributed by atoms with E-state index in [4.69, 9.17) is 0 Å². The summed E-state index contributed by atoms with van der Waals surface area (Å²) in [6.45, 7) is 2.02. The molecule has 0 radical (unpaired) electrons. The van der Waals surface area contributed by atoms with Crippen LogP contribution in [0.4, 0.5) is 27.4 Å². The Morgan fingerprint density at radius 1 is 1.10 bits per heavy atom. The first-order valence-electron chi connectivity index (χ1n) is 8.65. The second-order valence-electron chi connectivity index (χ2n) is 5.91. The van der Waals surface area contributed by atoms with Crippen LogP contribution < -0.4 is 16.2 Å². The molecule has 29 heavy (non-hydrogen) atoms. The molecule has 9 nitrogen and oxygen atoms in total. The Labute approximate surface area is 165 Å². The zero-order chi connectivity index (χ0) is 20.8. The second-order valence-corrected chi connectivity index (χ2v) is 5.91. The number of carbonyl (C=O) groups is 1. The third-order valence-electron chi connectivity index (χ3n) is 4.04. The number of hydrogen-bond donors (Lipinski definition) is 3. The van der Waals surface area contributed by atoms with Gasteiger partial charge in [-0.1, -0.05) is 31.2 Å². The van der Waals surface area contributed by atoms with Gasteiger partial charge < -0.3 is 5.32 Å². The van der Waals surface area contributed by atoms with Crippen LogP contribution in [0.25, 0.3) is 0 Å². The number of anilines is 3. The molecule has 0 fully saturated rings. The van der Waals surface area contributed by atoms with E-state index in [9.17, 15) is 19.3 Å². The Morgan fingerprint density at radius 3 is 2.45 bits per heavy atom. The molecule has 2 aromatic carbocycles. The van der Waals surface area contributed by atoms with Gasteiger partial charge in [-0.3, -0.25) is 25.8 Å². The van der Waals surface area contributed by atoms with E-state index in [1.165, 1.54) is 18.2 Å². The number of aryl methyl sites for hydroxylation is 1. The van der Waals surface area contributed by atoms with Crippen LogP contribution in [0.5, 0.6) is 0 Å². The maximum absolute atomic E-state index is 13.7. The van der Waals surface area contributed by atoms with Crippen molar-refractivity contribution in [3.05, 3.63) is 81.9 Å². The highest BCUT2D eigenvalue weighted by Crippen LogP contribution is 2.30. The summed E-state index contributed by atoms with van der Waals surface area (Å²) in [5.74, 6) is -1.83. The van der Waals surface area contributed by atoms with Crippen molar-refractivity contribution in [2.75, 3.05) is 10.7 Å². The van der Waals surface area contributed by atoms with Crippen molar-refractivity contribution in [1.29, 1.82) is 0 Å². The lowest BCUT2D eigenvalue weighted by Crippen LogP contribution is -2.31. The van der Waals surface area contributed by atoms with Crippen molar-refractivity contribution in [3.8, 4) is 0 Å². The van der Waals surface area contributed by atoms with Crippen LogP contribution in [0.1, 0.15) is 22.8 Å². The van der Waals surface area contributed by atoms with Crippen LogP contribution in [0.15, 0.2) is 54.9 Å². The highest BCUT2D eigenvalue weighted by atomic mass is 19.1. The minimum absolute atomic E-state index is 0.0584. The van der Waals surface area contributed by atoms with Crippen molar-refractivity contribution in [1.82, 2.24) is 15.4 Å². The molecule has 10 heteroatoms. The van der Waals surface area contributed by atoms with Crippen molar-refractivity contribution in [2.24, 2.45) is 0 Å². The minimum Gasteiger partial charge on any atom is -0.334 e. The number of rotatable bonds is 7. The van der Waals surface area contributed by atoms with Gasteiger partial charge in [0.05, 0.1) is 10.5 Å². The number of hydrazine groups is 1. The lowest BCUT2D eigenvalue weighted by molar-refractivity contribution is -0.383. The zero-order valence-corrected chi connectivity index (χ0v) is 15.3. The van der Waals surface area contributed by atoms with Gasteiger partial charge >= 0.3 is 5.69 Å². The number of amides is 1. The Hall–Kier alpha value is -4.08. The highest BCUT2D eigenvalue weighted by molar-refractivity contribution is 5.95. The smallest absolute Gasteiger partial charge is 0.334 e. The van der Waals surface area contributed by atoms with Gasteiger partial charge in [0, 0.05) is 5.69 Å². The van der Waals surface area contributed by atoms with Gasteiger partial charge in [0.2, 0.25) is 11.6 Å². The molecule has 3 N–H and O–H groups in total. The molecule has 0 unspecified atom stereocenters. The molecular weight excluding hydrogens is 379 g/mol. The summed E-state index contributed by atoms with van der Waals surface area (Å²) in [5, 5.41) is 14.4. The van der Waals surface area contributed by atoms with E-state index in [1.807, 2.05) is 19.1 Å². The van der Waals surface area contributed by atoms with Crippen molar-refractivity contribution in [3.63, 3.8) is 0 Å². The summed E-state index contributed by atoms with van der Waals surface area (Å²) >= 11 is 0. The minimum atomic E-state index is -0.805. The first-order chi connectivity index (χ1) is 14.0. The summed E-state index contributed by atoms with van der Waals surface area (Å²) in [7, 11) is 0. The van der Waals surface area contributed by atoms with Gasteiger partial charge in [0.25, 0.3) is 5.91 Å². The lowest BCUT2D eigenvalue weighted by atomic mass is 10.1. The molecule has 1 heterocycles. The molecule has 0 bridgehead atoms. The predicted molar refractivity (Wildman–Crippen MR) is 105 cm³/mol. The standard InChI is InChI=1S/C19H17FN6O3/c1-2-12-7-9-13(10-8-12)23-17-16(26(28)29)18(22-11-21-17)24-25-19(27)14-5-3-4-6-15(14)20/h3-11H,2H2,1H3,(H,25,27)(H2,21,22,23,24). The van der Waals surface area contributed by atoms with E-state index in [1.54, 1.807) is 12.1 Å². The fourth-order valence-corrected chi connectivity index (χ4v) is 2.52. The van der Waals surface area contributed by atoms with E-state index >= 15 is 0 Å².